The second kappa shape index (κ2) is 20.2. The summed E-state index contributed by atoms with van der Waals surface area (Å²) < 4.78 is 32.5. The summed E-state index contributed by atoms with van der Waals surface area (Å²) in [4.78, 5) is 68.7. The zero-order valence-corrected chi connectivity index (χ0v) is 39.3. The number of esters is 1. The van der Waals surface area contributed by atoms with Crippen LogP contribution >= 0.6 is 0 Å². The van der Waals surface area contributed by atoms with Gasteiger partial charge in [0.25, 0.3) is 0 Å². The van der Waals surface area contributed by atoms with Crippen molar-refractivity contribution in [3.05, 3.63) is 48.2 Å². The van der Waals surface area contributed by atoms with Crippen LogP contribution in [0.2, 0.25) is 0 Å². The molecule has 348 valence electrons. The lowest BCUT2D eigenvalue weighted by Gasteiger charge is -2.47. The molecule has 0 unspecified atom stereocenters. The number of fused-ring (bicyclic) bond motifs is 2. The highest BCUT2D eigenvalue weighted by molar-refractivity contribution is 6.00. The predicted octanol–water partition coefficient (Wildman–Crippen LogP) is 6.31. The molecule has 4 aliphatic rings. The molecule has 1 aromatic carbocycles. The molecule has 0 spiro atoms. The zero-order chi connectivity index (χ0) is 46.0. The molecular formula is C49H72N4O10. The summed E-state index contributed by atoms with van der Waals surface area (Å²) in [5, 5.41) is 12.7. The highest BCUT2D eigenvalue weighted by Crippen LogP contribution is 2.44. The average Bonchev–Trinajstić information content (AvgIpc) is 3.82. The Morgan fingerprint density at radius 2 is 1.75 bits per heavy atom. The van der Waals surface area contributed by atoms with E-state index in [0.29, 0.717) is 13.0 Å². The van der Waals surface area contributed by atoms with Crippen LogP contribution in [0.15, 0.2) is 42.6 Å². The molecule has 0 saturated carbocycles. The number of Topliss-reactive ketones (excluding diaryl/α,β-unsaturated/α-hetero) is 2. The number of aliphatic hydroxyl groups excluding tert-OH is 1. The molecule has 1 aromatic heterocycles. The largest absolute Gasteiger partial charge is 0.458 e. The van der Waals surface area contributed by atoms with Crippen molar-refractivity contribution in [1.29, 1.82) is 0 Å². The number of rotatable bonds is 11. The highest BCUT2D eigenvalue weighted by Gasteiger charge is 2.61. The summed E-state index contributed by atoms with van der Waals surface area (Å²) in [5.74, 6) is -5.06. The van der Waals surface area contributed by atoms with Crippen molar-refractivity contribution in [3.63, 3.8) is 0 Å². The first-order valence-electron chi connectivity index (χ1n) is 23.2. The monoisotopic (exact) mass is 877 g/mol. The number of likely N-dealkylation sites (tertiary alicyclic amines) is 1. The smallest absolute Gasteiger partial charge is 0.410 e. The first-order chi connectivity index (χ1) is 29.8. The van der Waals surface area contributed by atoms with Crippen LogP contribution in [-0.4, -0.2) is 149 Å². The Bertz CT molecular complexity index is 1980. The van der Waals surface area contributed by atoms with Crippen molar-refractivity contribution < 1.29 is 48.0 Å². The van der Waals surface area contributed by atoms with Crippen LogP contribution in [0.5, 0.6) is 0 Å². The summed E-state index contributed by atoms with van der Waals surface area (Å²) >= 11 is 0. The number of nitrogens with zero attached hydrogens (tertiary/aromatic N) is 4. The van der Waals surface area contributed by atoms with E-state index in [1.807, 2.05) is 96.1 Å². The van der Waals surface area contributed by atoms with E-state index in [2.05, 4.69) is 16.8 Å². The summed E-state index contributed by atoms with van der Waals surface area (Å²) in [6, 6.07) is 8.88. The lowest BCUT2D eigenvalue weighted by atomic mass is 9.73. The first-order valence-corrected chi connectivity index (χ1v) is 23.2. The van der Waals surface area contributed by atoms with Crippen molar-refractivity contribution in [1.82, 2.24) is 19.7 Å². The molecule has 0 bridgehead atoms. The summed E-state index contributed by atoms with van der Waals surface area (Å²) in [7, 11) is 3.77. The quantitative estimate of drug-likeness (QED) is 0.198. The van der Waals surface area contributed by atoms with E-state index in [1.165, 1.54) is 6.92 Å². The number of carbonyl (C=O) groups is 4. The van der Waals surface area contributed by atoms with E-state index < -0.39 is 83.4 Å². The molecule has 0 aliphatic carbocycles. The van der Waals surface area contributed by atoms with Crippen molar-refractivity contribution in [2.45, 2.75) is 154 Å². The predicted molar refractivity (Wildman–Crippen MR) is 240 cm³/mol. The standard InChI is InChI=1S/C49H72N4O10/c1-12-39-49(9)43(53(47(58)63-49)28-36-20-16-22-52(36)13-2)31(5)40(54)29(3)26-48(8,59-23-17-18-34-25-35-19-14-15-21-37(35)50-27-34)44(32(6)41(55)33(7)45(57)61-39)62-46-42(56)38(51(10)11)24-30(4)60-46/h14-15,17-19,21,25,27,29-33,36,38-39,42-44,46,56H,12-13,16,20,22-24,26,28H2,1-11H3/b18-17+/t29-,30-,31+,32+,33-,36-,38+,39-,42-,43-,44-,46+,48-,49-/m1/s1. The van der Waals surface area contributed by atoms with Crippen molar-refractivity contribution in [3.8, 4) is 0 Å². The van der Waals surface area contributed by atoms with Crippen molar-refractivity contribution >= 4 is 40.6 Å². The van der Waals surface area contributed by atoms with Crippen molar-refractivity contribution in [2.24, 2.45) is 23.7 Å². The number of carbonyl (C=O) groups excluding carboxylic acids is 4. The van der Waals surface area contributed by atoms with Crippen LogP contribution in [0, 0.1) is 23.7 Å². The second-order valence-corrected chi connectivity index (χ2v) is 19.2. The molecule has 4 fully saturated rings. The van der Waals surface area contributed by atoms with E-state index in [-0.39, 0.29) is 43.4 Å². The lowest BCUT2D eigenvalue weighted by Crippen LogP contribution is -2.60. The molecule has 14 nitrogen and oxygen atoms in total. The maximum Gasteiger partial charge on any atom is 0.410 e. The first kappa shape index (κ1) is 48.7. The van der Waals surface area contributed by atoms with Gasteiger partial charge in [0.1, 0.15) is 23.9 Å². The summed E-state index contributed by atoms with van der Waals surface area (Å²) in [6.07, 6.45) is 3.23. The van der Waals surface area contributed by atoms with E-state index in [4.69, 9.17) is 23.7 Å². The van der Waals surface area contributed by atoms with Crippen molar-refractivity contribution in [2.75, 3.05) is 40.3 Å². The topological polar surface area (TPSA) is 157 Å². The number of aliphatic hydroxyl groups is 1. The maximum atomic E-state index is 15.1. The van der Waals surface area contributed by atoms with E-state index >= 15 is 4.79 Å². The van der Waals surface area contributed by atoms with Gasteiger partial charge in [-0.2, -0.15) is 0 Å². The Kier molecular flexibility index (Phi) is 15.6. The van der Waals surface area contributed by atoms with Crippen LogP contribution < -0.4 is 0 Å². The minimum absolute atomic E-state index is 0.0628. The van der Waals surface area contributed by atoms with Gasteiger partial charge in [0.15, 0.2) is 17.7 Å². The number of ether oxygens (including phenoxy) is 5. The number of ketones is 2. The van der Waals surface area contributed by atoms with Gasteiger partial charge >= 0.3 is 12.1 Å². The van der Waals surface area contributed by atoms with E-state index in [0.717, 1.165) is 42.4 Å². The van der Waals surface area contributed by atoms with Gasteiger partial charge in [-0.1, -0.05) is 65.0 Å². The minimum Gasteiger partial charge on any atom is -0.458 e. The van der Waals surface area contributed by atoms with Gasteiger partial charge in [-0.3, -0.25) is 29.2 Å². The van der Waals surface area contributed by atoms with Gasteiger partial charge in [-0.25, -0.2) is 4.79 Å². The Hall–Kier alpha value is -3.79. The fourth-order valence-electron chi connectivity index (χ4n) is 11.0. The molecular weight excluding hydrogens is 805 g/mol. The molecule has 6 rings (SSSR count). The summed E-state index contributed by atoms with van der Waals surface area (Å²) in [5.41, 5.74) is -1.03. The van der Waals surface area contributed by atoms with Gasteiger partial charge in [0, 0.05) is 48.0 Å². The van der Waals surface area contributed by atoms with Crippen LogP contribution in [0.25, 0.3) is 17.0 Å². The van der Waals surface area contributed by atoms with E-state index in [1.54, 1.807) is 24.9 Å². The number of cyclic esters (lactones) is 1. The van der Waals surface area contributed by atoms with Gasteiger partial charge < -0.3 is 33.7 Å². The third kappa shape index (κ3) is 10.2. The highest BCUT2D eigenvalue weighted by atomic mass is 16.7. The fraction of sp³-hybridized carbons (Fsp3) is 0.694. The van der Waals surface area contributed by atoms with Gasteiger partial charge in [-0.05, 0) is 105 Å². The molecule has 63 heavy (non-hydrogen) atoms. The van der Waals surface area contributed by atoms with Crippen LogP contribution in [0.4, 0.5) is 4.79 Å². The minimum atomic E-state index is -1.40. The Balaban J connectivity index is 1.41. The third-order valence-corrected chi connectivity index (χ3v) is 14.4. The number of pyridine rings is 1. The molecule has 4 aliphatic heterocycles. The van der Waals surface area contributed by atoms with Gasteiger partial charge in [0.05, 0.1) is 36.0 Å². The average molecular weight is 877 g/mol. The molecule has 1 amide bonds. The molecule has 14 atom stereocenters. The SMILES string of the molecule is CC[C@H]1OC(=O)[C@H](C)C(=O)[C@H](C)[C@@H](O[C@@H]2O[C@H](C)C[C@H](N(C)C)[C@H]2O)[C@](C)(OC/C=C/c2cnc3ccccc3c2)C[C@@H](C)C(=O)[C@H](C)[C@H]2N(C[C@H]3CCCN3CC)C(=O)O[C@]12C. The van der Waals surface area contributed by atoms with E-state index in [9.17, 15) is 19.5 Å². The molecule has 5 heterocycles. The maximum absolute atomic E-state index is 15.1. The Labute approximate surface area is 374 Å². The fourth-order valence-corrected chi connectivity index (χ4v) is 11.0. The van der Waals surface area contributed by atoms with Crippen LogP contribution in [-0.2, 0) is 38.1 Å². The number of benzene rings is 1. The third-order valence-electron chi connectivity index (χ3n) is 14.4. The zero-order valence-electron chi connectivity index (χ0n) is 39.3. The Morgan fingerprint density at radius 3 is 2.44 bits per heavy atom. The van der Waals surface area contributed by atoms with Crippen LogP contribution in [0.3, 0.4) is 0 Å². The van der Waals surface area contributed by atoms with Gasteiger partial charge in [0.2, 0.25) is 0 Å². The van der Waals surface area contributed by atoms with Gasteiger partial charge in [-0.15, -0.1) is 0 Å². The number of hydrogen-bond acceptors (Lipinski definition) is 13. The molecule has 2 aromatic rings. The number of amides is 1. The second-order valence-electron chi connectivity index (χ2n) is 19.2. The number of para-hydroxylation sites is 1. The van der Waals surface area contributed by atoms with Crippen LogP contribution in [0.1, 0.15) is 100.0 Å². The number of likely N-dealkylation sites (N-methyl/N-ethyl adjacent to an activating group) is 2. The lowest BCUT2D eigenvalue weighted by molar-refractivity contribution is -0.296. The molecule has 14 heteroatoms. The normalized spacial score (nSPS) is 37.7. The summed E-state index contributed by atoms with van der Waals surface area (Å²) in [6.45, 7) is 18.5. The molecule has 1 N–H and O–H groups in total. The molecule has 0 radical (unpaired) electrons. The molecule has 4 saturated heterocycles. The number of aromatic nitrogens is 1. The number of hydrogen-bond donors (Lipinski definition) is 1. The Morgan fingerprint density at radius 1 is 1.02 bits per heavy atom.